The number of carbonyl (C=O) groups excluding carboxylic acids is 1. The Bertz CT molecular complexity index is 1210. The molecule has 3 N–H and O–H groups in total. The smallest absolute Gasteiger partial charge is 0.496 e. The van der Waals surface area contributed by atoms with E-state index in [1.54, 1.807) is 19.2 Å². The first kappa shape index (κ1) is 23.7. The first-order valence-electron chi connectivity index (χ1n) is 10.9. The highest BCUT2D eigenvalue weighted by Crippen LogP contribution is 2.42. The van der Waals surface area contributed by atoms with Crippen molar-refractivity contribution in [2.24, 2.45) is 5.73 Å². The lowest BCUT2D eigenvalue weighted by Gasteiger charge is -2.29. The minimum absolute atomic E-state index is 0.0984. The predicted molar refractivity (Wildman–Crippen MR) is 123 cm³/mol. The normalized spacial score (nSPS) is 15.6. The Morgan fingerprint density at radius 3 is 2.44 bits per heavy atom. The molecule has 1 aliphatic rings. The van der Waals surface area contributed by atoms with Gasteiger partial charge in [0.15, 0.2) is 0 Å². The molecule has 0 saturated carbocycles. The van der Waals surface area contributed by atoms with Crippen LogP contribution in [0.4, 0.5) is 13.2 Å². The van der Waals surface area contributed by atoms with Crippen LogP contribution in [-0.2, 0) is 0 Å². The summed E-state index contributed by atoms with van der Waals surface area (Å²) in [5.41, 5.74) is 10.8. The third kappa shape index (κ3) is 4.48. The van der Waals surface area contributed by atoms with E-state index in [1.165, 1.54) is 18.2 Å². The van der Waals surface area contributed by atoms with Crippen LogP contribution in [0.2, 0.25) is 0 Å². The molecule has 0 radical (unpaired) electrons. The fourth-order valence-corrected chi connectivity index (χ4v) is 4.68. The first-order chi connectivity index (χ1) is 16.1. The maximum absolute atomic E-state index is 12.8. The van der Waals surface area contributed by atoms with Crippen molar-refractivity contribution in [3.8, 4) is 33.9 Å². The first-order valence-corrected chi connectivity index (χ1v) is 10.9. The average molecular weight is 473 g/mol. The zero-order chi connectivity index (χ0) is 24.6. The summed E-state index contributed by atoms with van der Waals surface area (Å²) >= 11 is 0. The van der Waals surface area contributed by atoms with E-state index in [1.807, 2.05) is 30.5 Å². The summed E-state index contributed by atoms with van der Waals surface area (Å²) in [5.74, 6) is 0.183. The van der Waals surface area contributed by atoms with Gasteiger partial charge in [-0.1, -0.05) is 12.1 Å². The van der Waals surface area contributed by atoms with Crippen LogP contribution in [0.1, 0.15) is 34.1 Å². The van der Waals surface area contributed by atoms with Crippen molar-refractivity contribution in [2.45, 2.75) is 32.7 Å². The topological polar surface area (TPSA) is 78.5 Å². The number of methoxy groups -OCH3 is 1. The number of halogens is 3. The van der Waals surface area contributed by atoms with E-state index >= 15 is 0 Å². The largest absolute Gasteiger partial charge is 0.573 e. The van der Waals surface area contributed by atoms with E-state index in [-0.39, 0.29) is 17.7 Å². The molecule has 2 aromatic carbocycles. The molecule has 9 heteroatoms. The molecule has 1 aromatic heterocycles. The molecule has 3 aromatic rings. The number of rotatable bonds is 6. The van der Waals surface area contributed by atoms with Gasteiger partial charge in [0, 0.05) is 12.1 Å². The Morgan fingerprint density at radius 2 is 1.82 bits per heavy atom. The number of nitrogens with two attached hydrogens (primary N) is 1. The molecule has 1 amide bonds. The summed E-state index contributed by atoms with van der Waals surface area (Å²) in [7, 11) is 1.60. The molecule has 1 aliphatic heterocycles. The van der Waals surface area contributed by atoms with E-state index in [0.29, 0.717) is 36.3 Å². The summed E-state index contributed by atoms with van der Waals surface area (Å²) in [4.78, 5) is 12.8. The van der Waals surface area contributed by atoms with E-state index in [4.69, 9.17) is 10.5 Å². The number of nitrogens with zero attached hydrogens (tertiary/aromatic N) is 1. The number of nitrogens with one attached hydrogen (secondary N) is 1. The minimum atomic E-state index is -4.81. The van der Waals surface area contributed by atoms with Gasteiger partial charge in [0.25, 0.3) is 5.91 Å². The number of carbonyl (C=O) groups is 1. The molecule has 0 aliphatic carbocycles. The van der Waals surface area contributed by atoms with Gasteiger partial charge in [0.1, 0.15) is 17.2 Å². The van der Waals surface area contributed by atoms with Gasteiger partial charge in [0.2, 0.25) is 0 Å². The maximum Gasteiger partial charge on any atom is 0.573 e. The molecule has 34 heavy (non-hydrogen) atoms. The monoisotopic (exact) mass is 473 g/mol. The summed E-state index contributed by atoms with van der Waals surface area (Å²) in [5, 5.41) is 2.89. The molecule has 0 unspecified atom stereocenters. The number of aromatic nitrogens is 1. The number of fused-ring (bicyclic) bond motifs is 1. The van der Waals surface area contributed by atoms with Gasteiger partial charge in [-0.3, -0.25) is 4.79 Å². The van der Waals surface area contributed by atoms with Crippen LogP contribution < -0.4 is 20.5 Å². The van der Waals surface area contributed by atoms with Gasteiger partial charge in [-0.25, -0.2) is 0 Å². The van der Waals surface area contributed by atoms with E-state index in [2.05, 4.69) is 10.1 Å². The standard InChI is InChI=1S/C25H26F3N3O3/c1-14-9-17(10-15(2)23(14)33-3)22-20(16-5-4-6-19(11-16)34-25(26,27)28)12-21-24(32)30-13-18(7-8-29)31(21)22/h4-6,9-12,18H,7-8,13,29H2,1-3H3,(H,30,32)/t18-/m0/s1. The lowest BCUT2D eigenvalue weighted by Crippen LogP contribution is -2.39. The van der Waals surface area contributed by atoms with Crippen LogP contribution in [0.15, 0.2) is 42.5 Å². The van der Waals surface area contributed by atoms with Crippen molar-refractivity contribution in [3.63, 3.8) is 0 Å². The van der Waals surface area contributed by atoms with Crippen LogP contribution in [0.3, 0.4) is 0 Å². The number of hydrogen-bond donors (Lipinski definition) is 2. The molecule has 1 atom stereocenters. The van der Waals surface area contributed by atoms with Gasteiger partial charge in [-0.2, -0.15) is 0 Å². The van der Waals surface area contributed by atoms with Gasteiger partial charge in [-0.05, 0) is 79.4 Å². The van der Waals surface area contributed by atoms with Crippen LogP contribution in [0.25, 0.3) is 22.4 Å². The van der Waals surface area contributed by atoms with E-state index < -0.39 is 6.36 Å². The van der Waals surface area contributed by atoms with Gasteiger partial charge in [0.05, 0.1) is 18.8 Å². The summed E-state index contributed by atoms with van der Waals surface area (Å²) in [6.07, 6.45) is -4.18. The number of hydrogen-bond acceptors (Lipinski definition) is 4. The van der Waals surface area contributed by atoms with Crippen LogP contribution in [0.5, 0.6) is 11.5 Å². The summed E-state index contributed by atoms with van der Waals surface area (Å²) in [6, 6.07) is 11.3. The van der Waals surface area contributed by atoms with Crippen molar-refractivity contribution < 1.29 is 27.4 Å². The van der Waals surface area contributed by atoms with Crippen molar-refractivity contribution >= 4 is 5.91 Å². The fourth-order valence-electron chi connectivity index (χ4n) is 4.68. The molecule has 0 spiro atoms. The third-order valence-corrected chi connectivity index (χ3v) is 5.95. The Labute approximate surface area is 195 Å². The zero-order valence-corrected chi connectivity index (χ0v) is 19.1. The SMILES string of the molecule is COc1c(C)cc(-c2c(-c3cccc(OC(F)(F)F)c3)cc3n2[C@@H](CCN)CNC3=O)cc1C. The second kappa shape index (κ2) is 9.06. The second-order valence-corrected chi connectivity index (χ2v) is 8.32. The zero-order valence-electron chi connectivity index (χ0n) is 19.1. The molecule has 6 nitrogen and oxygen atoms in total. The average Bonchev–Trinajstić information content (AvgIpc) is 3.16. The van der Waals surface area contributed by atoms with Gasteiger partial charge >= 0.3 is 6.36 Å². The number of alkyl halides is 3. The Hall–Kier alpha value is -3.46. The predicted octanol–water partition coefficient (Wildman–Crippen LogP) is 4.98. The fraction of sp³-hybridized carbons (Fsp3) is 0.320. The second-order valence-electron chi connectivity index (χ2n) is 8.32. The summed E-state index contributed by atoms with van der Waals surface area (Å²) in [6.45, 7) is 4.69. The van der Waals surface area contributed by atoms with Crippen LogP contribution in [0, 0.1) is 13.8 Å². The molecular formula is C25H26F3N3O3. The third-order valence-electron chi connectivity index (χ3n) is 5.95. The maximum atomic E-state index is 12.8. The Kier molecular flexibility index (Phi) is 6.31. The molecule has 180 valence electrons. The highest BCUT2D eigenvalue weighted by molar-refractivity contribution is 5.99. The molecule has 0 saturated heterocycles. The molecular weight excluding hydrogens is 447 g/mol. The molecule has 0 fully saturated rings. The van der Waals surface area contributed by atoms with Crippen LogP contribution >= 0.6 is 0 Å². The van der Waals surface area contributed by atoms with Gasteiger partial charge in [-0.15, -0.1) is 13.2 Å². The highest BCUT2D eigenvalue weighted by Gasteiger charge is 2.33. The van der Waals surface area contributed by atoms with Gasteiger partial charge < -0.3 is 25.1 Å². The molecule has 0 bridgehead atoms. The van der Waals surface area contributed by atoms with Crippen molar-refractivity contribution in [2.75, 3.05) is 20.2 Å². The number of aryl methyl sites for hydroxylation is 2. The van der Waals surface area contributed by atoms with E-state index in [9.17, 15) is 18.0 Å². The van der Waals surface area contributed by atoms with E-state index in [0.717, 1.165) is 28.1 Å². The van der Waals surface area contributed by atoms with Crippen molar-refractivity contribution in [1.29, 1.82) is 0 Å². The Morgan fingerprint density at radius 1 is 1.12 bits per heavy atom. The lowest BCUT2D eigenvalue weighted by molar-refractivity contribution is -0.274. The molecule has 2 heterocycles. The van der Waals surface area contributed by atoms with Crippen LogP contribution in [-0.4, -0.2) is 37.0 Å². The quantitative estimate of drug-likeness (QED) is 0.529. The lowest BCUT2D eigenvalue weighted by atomic mass is 9.97. The number of benzene rings is 2. The minimum Gasteiger partial charge on any atom is -0.496 e. The highest BCUT2D eigenvalue weighted by atomic mass is 19.4. The Balaban J connectivity index is 1.98. The number of amides is 1. The number of ether oxygens (including phenoxy) is 2. The molecule has 4 rings (SSSR count). The van der Waals surface area contributed by atoms with Crippen molar-refractivity contribution in [3.05, 3.63) is 59.3 Å². The summed E-state index contributed by atoms with van der Waals surface area (Å²) < 4.78 is 50.2. The van der Waals surface area contributed by atoms with Crippen molar-refractivity contribution in [1.82, 2.24) is 9.88 Å².